The van der Waals surface area contributed by atoms with Gasteiger partial charge in [-0.2, -0.15) is 0 Å². The Labute approximate surface area is 126 Å². The lowest BCUT2D eigenvalue weighted by molar-refractivity contribution is -0.385. The first-order valence-electron chi connectivity index (χ1n) is 6.85. The largest absolute Gasteiger partial charge is 0.296 e. The van der Waals surface area contributed by atoms with Gasteiger partial charge in [-0.25, -0.2) is 4.98 Å². The highest BCUT2D eigenvalue weighted by atomic mass is 16.6. The molecule has 2 heterocycles. The number of aldehydes is 1. The quantitative estimate of drug-likeness (QED) is 0.420. The maximum Gasteiger partial charge on any atom is 0.286 e. The number of fused-ring (bicyclic) bond motifs is 1. The van der Waals surface area contributed by atoms with E-state index in [-0.39, 0.29) is 5.69 Å². The molecule has 0 aliphatic carbocycles. The van der Waals surface area contributed by atoms with Gasteiger partial charge in [0.15, 0.2) is 6.29 Å². The van der Waals surface area contributed by atoms with E-state index < -0.39 is 4.92 Å². The SMILES string of the molecule is CCc1ccc(-c2nc3ccc([N+](=O)[O-])cn3c2C=O)cc1. The van der Waals surface area contributed by atoms with Gasteiger partial charge in [-0.15, -0.1) is 0 Å². The smallest absolute Gasteiger partial charge is 0.286 e. The van der Waals surface area contributed by atoms with E-state index >= 15 is 0 Å². The maximum absolute atomic E-state index is 11.4. The highest BCUT2D eigenvalue weighted by Gasteiger charge is 2.16. The van der Waals surface area contributed by atoms with Crippen LogP contribution in [0.2, 0.25) is 0 Å². The monoisotopic (exact) mass is 295 g/mol. The molecule has 3 rings (SSSR count). The Kier molecular flexibility index (Phi) is 3.42. The molecule has 0 atom stereocenters. The molecule has 110 valence electrons. The molecule has 0 saturated carbocycles. The van der Waals surface area contributed by atoms with Crippen LogP contribution in [0.1, 0.15) is 23.0 Å². The predicted octanol–water partition coefficient (Wildman–Crippen LogP) is 3.28. The van der Waals surface area contributed by atoms with Gasteiger partial charge >= 0.3 is 0 Å². The van der Waals surface area contributed by atoms with Gasteiger partial charge in [-0.05, 0) is 18.1 Å². The van der Waals surface area contributed by atoms with Crippen LogP contribution in [0.4, 0.5) is 5.69 Å². The molecular formula is C16H13N3O3. The van der Waals surface area contributed by atoms with Gasteiger partial charge < -0.3 is 0 Å². The molecule has 6 heteroatoms. The number of hydrogen-bond acceptors (Lipinski definition) is 4. The molecular weight excluding hydrogens is 282 g/mol. The van der Waals surface area contributed by atoms with Gasteiger partial charge in [-0.3, -0.25) is 19.3 Å². The number of rotatable bonds is 4. The second kappa shape index (κ2) is 5.40. The molecule has 0 aliphatic heterocycles. The van der Waals surface area contributed by atoms with Crippen molar-refractivity contribution in [2.24, 2.45) is 0 Å². The average molecular weight is 295 g/mol. The van der Waals surface area contributed by atoms with Crippen molar-refractivity contribution in [1.29, 1.82) is 0 Å². The van der Waals surface area contributed by atoms with Gasteiger partial charge in [-0.1, -0.05) is 31.2 Å². The first kappa shape index (κ1) is 13.9. The fourth-order valence-corrected chi connectivity index (χ4v) is 2.38. The highest BCUT2D eigenvalue weighted by molar-refractivity contribution is 5.86. The molecule has 3 aromatic rings. The summed E-state index contributed by atoms with van der Waals surface area (Å²) in [5.74, 6) is 0. The number of aromatic nitrogens is 2. The normalized spacial score (nSPS) is 10.8. The zero-order valence-electron chi connectivity index (χ0n) is 11.9. The van der Waals surface area contributed by atoms with Crippen molar-refractivity contribution in [3.05, 3.63) is 64.0 Å². The Balaban J connectivity index is 2.20. The number of nitrogens with zero attached hydrogens (tertiary/aromatic N) is 3. The van der Waals surface area contributed by atoms with Crippen molar-refractivity contribution >= 4 is 17.6 Å². The van der Waals surface area contributed by atoms with E-state index in [0.717, 1.165) is 12.0 Å². The summed E-state index contributed by atoms with van der Waals surface area (Å²) < 4.78 is 1.45. The lowest BCUT2D eigenvalue weighted by Gasteiger charge is -2.01. The number of nitro groups is 1. The van der Waals surface area contributed by atoms with Crippen LogP contribution in [0, 0.1) is 10.1 Å². The van der Waals surface area contributed by atoms with E-state index in [0.29, 0.717) is 23.3 Å². The number of hydrogen-bond donors (Lipinski definition) is 0. The summed E-state index contributed by atoms with van der Waals surface area (Å²) in [5.41, 5.74) is 3.26. The van der Waals surface area contributed by atoms with Crippen molar-refractivity contribution in [3.63, 3.8) is 0 Å². The van der Waals surface area contributed by atoms with Gasteiger partial charge in [0, 0.05) is 11.6 Å². The van der Waals surface area contributed by atoms with E-state index in [1.807, 2.05) is 24.3 Å². The van der Waals surface area contributed by atoms with Gasteiger partial charge in [0.25, 0.3) is 5.69 Å². The third-order valence-electron chi connectivity index (χ3n) is 3.60. The summed E-state index contributed by atoms with van der Waals surface area (Å²) in [4.78, 5) is 26.2. The first-order valence-corrected chi connectivity index (χ1v) is 6.85. The summed E-state index contributed by atoms with van der Waals surface area (Å²) >= 11 is 0. The Morgan fingerprint density at radius 1 is 1.23 bits per heavy atom. The highest BCUT2D eigenvalue weighted by Crippen LogP contribution is 2.25. The van der Waals surface area contributed by atoms with E-state index in [1.54, 1.807) is 0 Å². The fraction of sp³-hybridized carbons (Fsp3) is 0.125. The third-order valence-corrected chi connectivity index (χ3v) is 3.60. The zero-order chi connectivity index (χ0) is 15.7. The van der Waals surface area contributed by atoms with Crippen LogP contribution in [0.5, 0.6) is 0 Å². The molecule has 6 nitrogen and oxygen atoms in total. The van der Waals surface area contributed by atoms with Crippen LogP contribution in [-0.4, -0.2) is 20.6 Å². The summed E-state index contributed by atoms with van der Waals surface area (Å²) in [6.07, 6.45) is 2.92. The number of aryl methyl sites for hydroxylation is 1. The van der Waals surface area contributed by atoms with Crippen molar-refractivity contribution in [2.75, 3.05) is 0 Å². The van der Waals surface area contributed by atoms with E-state index in [1.165, 1.54) is 28.3 Å². The minimum Gasteiger partial charge on any atom is -0.296 e. The average Bonchev–Trinajstić information content (AvgIpc) is 2.92. The minimum atomic E-state index is -0.496. The second-order valence-corrected chi connectivity index (χ2v) is 4.89. The number of carbonyl (C=O) groups is 1. The topological polar surface area (TPSA) is 77.5 Å². The van der Waals surface area contributed by atoms with E-state index in [9.17, 15) is 14.9 Å². The molecule has 0 fully saturated rings. The second-order valence-electron chi connectivity index (χ2n) is 4.89. The summed E-state index contributed by atoms with van der Waals surface area (Å²) in [6, 6.07) is 10.7. The molecule has 22 heavy (non-hydrogen) atoms. The van der Waals surface area contributed by atoms with Crippen LogP contribution in [0.25, 0.3) is 16.9 Å². The molecule has 0 spiro atoms. The number of imidazole rings is 1. The molecule has 1 aromatic carbocycles. The lowest BCUT2D eigenvalue weighted by atomic mass is 10.1. The Bertz CT molecular complexity index is 866. The molecule has 0 saturated heterocycles. The summed E-state index contributed by atoms with van der Waals surface area (Å²) in [6.45, 7) is 2.07. The van der Waals surface area contributed by atoms with Crippen molar-refractivity contribution in [2.45, 2.75) is 13.3 Å². The van der Waals surface area contributed by atoms with Crippen molar-refractivity contribution in [3.8, 4) is 11.3 Å². The van der Waals surface area contributed by atoms with Crippen molar-refractivity contribution in [1.82, 2.24) is 9.38 Å². The van der Waals surface area contributed by atoms with Crippen LogP contribution in [0.3, 0.4) is 0 Å². The molecule has 0 amide bonds. The molecule has 0 bridgehead atoms. The Hall–Kier alpha value is -3.02. The molecule has 0 unspecified atom stereocenters. The third kappa shape index (κ3) is 2.24. The lowest BCUT2D eigenvalue weighted by Crippen LogP contribution is -1.95. The van der Waals surface area contributed by atoms with Gasteiger partial charge in [0.2, 0.25) is 0 Å². The van der Waals surface area contributed by atoms with Crippen LogP contribution >= 0.6 is 0 Å². The molecule has 2 aromatic heterocycles. The van der Waals surface area contributed by atoms with E-state index in [2.05, 4.69) is 11.9 Å². The number of carbonyl (C=O) groups excluding carboxylic acids is 1. The summed E-state index contributed by atoms with van der Waals surface area (Å²) in [7, 11) is 0. The fourth-order valence-electron chi connectivity index (χ4n) is 2.38. The summed E-state index contributed by atoms with van der Waals surface area (Å²) in [5, 5.41) is 10.9. The standard InChI is InChI=1S/C16H13N3O3/c1-2-11-3-5-12(6-4-11)16-14(10-20)18-9-13(19(21)22)7-8-15(18)17-16/h3-10H,2H2,1H3. The molecule has 0 N–H and O–H groups in total. The van der Waals surface area contributed by atoms with Crippen LogP contribution in [0.15, 0.2) is 42.6 Å². The zero-order valence-corrected chi connectivity index (χ0v) is 11.9. The van der Waals surface area contributed by atoms with Gasteiger partial charge in [0.1, 0.15) is 17.0 Å². The number of pyridine rings is 1. The van der Waals surface area contributed by atoms with E-state index in [4.69, 9.17) is 0 Å². The Morgan fingerprint density at radius 3 is 2.55 bits per heavy atom. The predicted molar refractivity (Wildman–Crippen MR) is 82.0 cm³/mol. The maximum atomic E-state index is 11.4. The molecule has 0 aliphatic rings. The number of benzene rings is 1. The molecule has 0 radical (unpaired) electrons. The van der Waals surface area contributed by atoms with Crippen LogP contribution in [-0.2, 0) is 6.42 Å². The Morgan fingerprint density at radius 2 is 1.95 bits per heavy atom. The minimum absolute atomic E-state index is 0.0825. The first-order chi connectivity index (χ1) is 10.6. The van der Waals surface area contributed by atoms with Crippen LogP contribution < -0.4 is 0 Å². The van der Waals surface area contributed by atoms with Crippen molar-refractivity contribution < 1.29 is 9.72 Å². The van der Waals surface area contributed by atoms with Gasteiger partial charge in [0.05, 0.1) is 11.1 Å².